The third-order valence-corrected chi connectivity index (χ3v) is 3.77. The van der Waals surface area contributed by atoms with E-state index in [2.05, 4.69) is 23.2 Å². The number of hydrogen-bond acceptors (Lipinski definition) is 3. The Morgan fingerprint density at radius 3 is 2.86 bits per heavy atom. The Balaban J connectivity index is 1.73. The molecule has 1 amide bonds. The first-order valence-electron chi connectivity index (χ1n) is 7.93. The minimum atomic E-state index is -0.455. The first-order chi connectivity index (χ1) is 9.82. The molecule has 0 aromatic rings. The molecule has 2 aliphatic rings. The molecule has 0 spiro atoms. The predicted octanol–water partition coefficient (Wildman–Crippen LogP) is 3.46. The zero-order valence-electron chi connectivity index (χ0n) is 13.7. The van der Waals surface area contributed by atoms with E-state index in [1.165, 1.54) is 31.5 Å². The first kappa shape index (κ1) is 16.1. The molecule has 1 fully saturated rings. The van der Waals surface area contributed by atoms with E-state index in [9.17, 15) is 4.79 Å². The highest BCUT2D eigenvalue weighted by Gasteiger charge is 2.21. The molecule has 1 N–H and O–H groups in total. The lowest BCUT2D eigenvalue weighted by Gasteiger charge is -2.31. The van der Waals surface area contributed by atoms with Crippen LogP contribution in [0.15, 0.2) is 23.4 Å². The predicted molar refractivity (Wildman–Crippen MR) is 85.0 cm³/mol. The molecule has 2 rings (SSSR count). The lowest BCUT2D eigenvalue weighted by Crippen LogP contribution is -2.35. The van der Waals surface area contributed by atoms with E-state index < -0.39 is 5.60 Å². The van der Waals surface area contributed by atoms with Gasteiger partial charge in [0.05, 0.1) is 0 Å². The molecule has 0 bridgehead atoms. The van der Waals surface area contributed by atoms with Crippen molar-refractivity contribution in [3.63, 3.8) is 0 Å². The normalized spacial score (nSPS) is 23.5. The number of carbonyl (C=O) groups excluding carboxylic acids is 1. The van der Waals surface area contributed by atoms with E-state index in [0.29, 0.717) is 0 Å². The van der Waals surface area contributed by atoms with Crippen LogP contribution < -0.4 is 5.32 Å². The van der Waals surface area contributed by atoms with Crippen molar-refractivity contribution in [2.45, 2.75) is 52.6 Å². The fourth-order valence-electron chi connectivity index (χ4n) is 2.93. The summed E-state index contributed by atoms with van der Waals surface area (Å²) >= 11 is 0. The van der Waals surface area contributed by atoms with Crippen molar-refractivity contribution < 1.29 is 9.53 Å². The fraction of sp³-hybridized carbons (Fsp3) is 0.706. The standard InChI is InChI=1S/C17H28N2O2/c1-13-6-5-9-19(11-13)12-14-7-8-15(10-14)18-16(20)21-17(2,3)4/h7-8,13H,5-6,9-12H2,1-4H3,(H,18,20). The molecule has 1 saturated heterocycles. The zero-order chi connectivity index (χ0) is 15.5. The van der Waals surface area contributed by atoms with Gasteiger partial charge in [-0.2, -0.15) is 0 Å². The van der Waals surface area contributed by atoms with Gasteiger partial charge in [0.15, 0.2) is 0 Å². The molecule has 0 aromatic heterocycles. The van der Waals surface area contributed by atoms with Gasteiger partial charge >= 0.3 is 6.09 Å². The highest BCUT2D eigenvalue weighted by molar-refractivity contribution is 5.70. The molecule has 1 atom stereocenters. The van der Waals surface area contributed by atoms with Gasteiger partial charge in [-0.15, -0.1) is 0 Å². The van der Waals surface area contributed by atoms with Crippen LogP contribution in [0.3, 0.4) is 0 Å². The van der Waals surface area contributed by atoms with Gasteiger partial charge in [0.25, 0.3) is 0 Å². The molecule has 0 saturated carbocycles. The van der Waals surface area contributed by atoms with Gasteiger partial charge in [0, 0.05) is 25.2 Å². The maximum Gasteiger partial charge on any atom is 0.411 e. The zero-order valence-corrected chi connectivity index (χ0v) is 13.7. The van der Waals surface area contributed by atoms with Gasteiger partial charge in [-0.3, -0.25) is 10.2 Å². The van der Waals surface area contributed by atoms with Gasteiger partial charge in [-0.25, -0.2) is 4.79 Å². The number of piperidine rings is 1. The third-order valence-electron chi connectivity index (χ3n) is 3.77. The number of rotatable bonds is 3. The number of allylic oxidation sites excluding steroid dienone is 3. The Kier molecular flexibility index (Phi) is 5.09. The van der Waals surface area contributed by atoms with Crippen LogP contribution in [0.4, 0.5) is 4.79 Å². The minimum Gasteiger partial charge on any atom is -0.444 e. The van der Waals surface area contributed by atoms with Crippen LogP contribution in [0, 0.1) is 5.92 Å². The van der Waals surface area contributed by atoms with Crippen LogP contribution in [-0.2, 0) is 4.74 Å². The summed E-state index contributed by atoms with van der Waals surface area (Å²) in [6, 6.07) is 0. The molecule has 118 valence electrons. The Hall–Kier alpha value is -1.29. The second kappa shape index (κ2) is 6.65. The maximum absolute atomic E-state index is 11.7. The third kappa shape index (κ3) is 5.54. The minimum absolute atomic E-state index is 0.366. The highest BCUT2D eigenvalue weighted by Crippen LogP contribution is 2.22. The van der Waals surface area contributed by atoms with Crippen molar-refractivity contribution in [3.05, 3.63) is 23.4 Å². The van der Waals surface area contributed by atoms with E-state index >= 15 is 0 Å². The molecule has 1 aliphatic heterocycles. The topological polar surface area (TPSA) is 41.6 Å². The molecule has 4 heteroatoms. The van der Waals surface area contributed by atoms with E-state index in [1.54, 1.807) is 0 Å². The van der Waals surface area contributed by atoms with E-state index in [1.807, 2.05) is 26.8 Å². The number of ether oxygens (including phenoxy) is 1. The molecule has 0 aromatic carbocycles. The highest BCUT2D eigenvalue weighted by atomic mass is 16.6. The molecular weight excluding hydrogens is 264 g/mol. The monoisotopic (exact) mass is 292 g/mol. The van der Waals surface area contributed by atoms with Crippen molar-refractivity contribution >= 4 is 6.09 Å². The van der Waals surface area contributed by atoms with Crippen molar-refractivity contribution in [3.8, 4) is 0 Å². The van der Waals surface area contributed by atoms with Crippen LogP contribution in [0.5, 0.6) is 0 Å². The Morgan fingerprint density at radius 1 is 1.43 bits per heavy atom. The summed E-state index contributed by atoms with van der Waals surface area (Å²) in [4.78, 5) is 14.3. The van der Waals surface area contributed by atoms with E-state index in [-0.39, 0.29) is 6.09 Å². The van der Waals surface area contributed by atoms with Gasteiger partial charge in [0.2, 0.25) is 0 Å². The van der Waals surface area contributed by atoms with Gasteiger partial charge < -0.3 is 4.74 Å². The van der Waals surface area contributed by atoms with Crippen LogP contribution in [-0.4, -0.2) is 36.2 Å². The number of carbonyl (C=O) groups is 1. The van der Waals surface area contributed by atoms with E-state index in [0.717, 1.165) is 24.6 Å². The fourth-order valence-corrected chi connectivity index (χ4v) is 2.93. The average molecular weight is 292 g/mol. The van der Waals surface area contributed by atoms with Gasteiger partial charge in [0.1, 0.15) is 5.60 Å². The lowest BCUT2D eigenvalue weighted by molar-refractivity contribution is 0.0545. The summed E-state index contributed by atoms with van der Waals surface area (Å²) in [5, 5.41) is 2.84. The molecule has 1 aliphatic carbocycles. The first-order valence-corrected chi connectivity index (χ1v) is 7.93. The van der Waals surface area contributed by atoms with Crippen LogP contribution in [0.2, 0.25) is 0 Å². The molecule has 0 radical (unpaired) electrons. The number of amides is 1. The van der Waals surface area contributed by atoms with Crippen LogP contribution in [0.1, 0.15) is 47.0 Å². The summed E-state index contributed by atoms with van der Waals surface area (Å²) in [6.07, 6.45) is 7.22. The number of nitrogens with zero attached hydrogens (tertiary/aromatic N) is 1. The number of hydrogen-bond donors (Lipinski definition) is 1. The van der Waals surface area contributed by atoms with Crippen molar-refractivity contribution in [2.24, 2.45) is 5.92 Å². The Bertz CT molecular complexity index is 446. The molecule has 1 unspecified atom stereocenters. The maximum atomic E-state index is 11.7. The Labute approximate surface area is 128 Å². The number of alkyl carbamates (subject to hydrolysis) is 1. The van der Waals surface area contributed by atoms with Crippen molar-refractivity contribution in [2.75, 3.05) is 19.6 Å². The molecule has 4 nitrogen and oxygen atoms in total. The van der Waals surface area contributed by atoms with Gasteiger partial charge in [-0.1, -0.05) is 18.6 Å². The average Bonchev–Trinajstić information content (AvgIpc) is 2.73. The summed E-state index contributed by atoms with van der Waals surface area (Å²) in [7, 11) is 0. The molecular formula is C17H28N2O2. The Morgan fingerprint density at radius 2 is 2.19 bits per heavy atom. The second-order valence-corrected chi connectivity index (χ2v) is 7.30. The largest absolute Gasteiger partial charge is 0.444 e. The van der Waals surface area contributed by atoms with Crippen molar-refractivity contribution in [1.82, 2.24) is 10.2 Å². The molecule has 21 heavy (non-hydrogen) atoms. The van der Waals surface area contributed by atoms with Gasteiger partial charge in [-0.05, 0) is 52.2 Å². The summed E-state index contributed by atoms with van der Waals surface area (Å²) in [5.41, 5.74) is 1.85. The van der Waals surface area contributed by atoms with Crippen molar-refractivity contribution in [1.29, 1.82) is 0 Å². The number of likely N-dealkylation sites (tertiary alicyclic amines) is 1. The van der Waals surface area contributed by atoms with Crippen LogP contribution >= 0.6 is 0 Å². The lowest BCUT2D eigenvalue weighted by atomic mass is 9.99. The number of nitrogens with one attached hydrogen (secondary N) is 1. The summed E-state index contributed by atoms with van der Waals surface area (Å²) in [5.74, 6) is 0.799. The summed E-state index contributed by atoms with van der Waals surface area (Å²) in [6.45, 7) is 11.3. The summed E-state index contributed by atoms with van der Waals surface area (Å²) < 4.78 is 5.27. The van der Waals surface area contributed by atoms with E-state index in [4.69, 9.17) is 4.74 Å². The smallest absolute Gasteiger partial charge is 0.411 e. The quantitative estimate of drug-likeness (QED) is 0.866. The van der Waals surface area contributed by atoms with Crippen LogP contribution in [0.25, 0.3) is 0 Å². The SMILES string of the molecule is CC1CCCN(CC2=CC=C(NC(=O)OC(C)(C)C)C2)C1. The second-order valence-electron chi connectivity index (χ2n) is 7.30. The molecule has 1 heterocycles.